The molecular weight excluding hydrogens is 268 g/mol. The van der Waals surface area contributed by atoms with Gasteiger partial charge >= 0.3 is 0 Å². The van der Waals surface area contributed by atoms with Gasteiger partial charge in [0.1, 0.15) is 5.75 Å². The molecule has 0 bridgehead atoms. The molecule has 2 rings (SSSR count). The standard InChI is InChI=1S/C16H24N2O3/c1-12(14-6-4-5-7-15(14)20-3)17-16(19)13(2)18-8-10-21-11-9-18/h4-7,12-13H,8-11H2,1-3H3,(H,17,19). The number of ether oxygens (including phenoxy) is 2. The van der Waals surface area contributed by atoms with Gasteiger partial charge < -0.3 is 14.8 Å². The molecule has 5 heteroatoms. The van der Waals surface area contributed by atoms with Gasteiger partial charge in [-0.15, -0.1) is 0 Å². The van der Waals surface area contributed by atoms with E-state index in [1.165, 1.54) is 0 Å². The molecule has 2 unspecified atom stereocenters. The molecular formula is C16H24N2O3. The van der Waals surface area contributed by atoms with E-state index in [0.29, 0.717) is 13.2 Å². The molecule has 5 nitrogen and oxygen atoms in total. The summed E-state index contributed by atoms with van der Waals surface area (Å²) in [7, 11) is 1.64. The summed E-state index contributed by atoms with van der Waals surface area (Å²) >= 11 is 0. The first-order chi connectivity index (χ1) is 10.1. The molecule has 0 spiro atoms. The predicted molar refractivity (Wildman–Crippen MR) is 81.4 cm³/mol. The Bertz CT molecular complexity index is 472. The molecule has 0 saturated carbocycles. The van der Waals surface area contributed by atoms with Gasteiger partial charge in [0.05, 0.1) is 32.4 Å². The van der Waals surface area contributed by atoms with Gasteiger partial charge in [0.25, 0.3) is 0 Å². The van der Waals surface area contributed by atoms with Crippen LogP contribution in [-0.2, 0) is 9.53 Å². The van der Waals surface area contributed by atoms with E-state index in [-0.39, 0.29) is 18.0 Å². The summed E-state index contributed by atoms with van der Waals surface area (Å²) < 4.78 is 10.7. The van der Waals surface area contributed by atoms with Gasteiger partial charge in [-0.05, 0) is 19.9 Å². The molecule has 1 heterocycles. The van der Waals surface area contributed by atoms with Crippen molar-refractivity contribution >= 4 is 5.91 Å². The zero-order chi connectivity index (χ0) is 15.2. The van der Waals surface area contributed by atoms with Crippen LogP contribution in [0.15, 0.2) is 24.3 Å². The quantitative estimate of drug-likeness (QED) is 0.895. The Morgan fingerprint density at radius 2 is 1.95 bits per heavy atom. The number of rotatable bonds is 5. The van der Waals surface area contributed by atoms with Crippen molar-refractivity contribution in [3.8, 4) is 5.75 Å². The fourth-order valence-electron chi connectivity index (χ4n) is 2.57. The van der Waals surface area contributed by atoms with Crippen LogP contribution in [0.5, 0.6) is 5.75 Å². The number of nitrogens with zero attached hydrogens (tertiary/aromatic N) is 1. The molecule has 21 heavy (non-hydrogen) atoms. The van der Waals surface area contributed by atoms with E-state index in [0.717, 1.165) is 24.4 Å². The van der Waals surface area contributed by atoms with E-state index >= 15 is 0 Å². The summed E-state index contributed by atoms with van der Waals surface area (Å²) in [4.78, 5) is 14.5. The first-order valence-electron chi connectivity index (χ1n) is 7.38. The molecule has 1 saturated heterocycles. The van der Waals surface area contributed by atoms with Crippen LogP contribution in [0.1, 0.15) is 25.5 Å². The number of carbonyl (C=O) groups is 1. The molecule has 1 aromatic carbocycles. The largest absolute Gasteiger partial charge is 0.496 e. The van der Waals surface area contributed by atoms with Crippen LogP contribution < -0.4 is 10.1 Å². The van der Waals surface area contributed by atoms with E-state index in [1.54, 1.807) is 7.11 Å². The number of carbonyl (C=O) groups excluding carboxylic acids is 1. The molecule has 0 aliphatic carbocycles. The molecule has 0 aromatic heterocycles. The van der Waals surface area contributed by atoms with Crippen molar-refractivity contribution in [3.05, 3.63) is 29.8 Å². The second-order valence-electron chi connectivity index (χ2n) is 5.30. The fraction of sp³-hybridized carbons (Fsp3) is 0.562. The molecule has 2 atom stereocenters. The van der Waals surface area contributed by atoms with Crippen LogP contribution in [0, 0.1) is 0 Å². The lowest BCUT2D eigenvalue weighted by Crippen LogP contribution is -2.50. The molecule has 1 aliphatic heterocycles. The van der Waals surface area contributed by atoms with Gasteiger partial charge in [0.2, 0.25) is 5.91 Å². The number of nitrogens with one attached hydrogen (secondary N) is 1. The van der Waals surface area contributed by atoms with E-state index in [9.17, 15) is 4.79 Å². The molecule has 1 aliphatic rings. The predicted octanol–water partition coefficient (Wildman–Crippen LogP) is 1.59. The van der Waals surface area contributed by atoms with E-state index in [1.807, 2.05) is 38.1 Å². The number of hydrogen-bond donors (Lipinski definition) is 1. The summed E-state index contributed by atoms with van der Waals surface area (Å²) in [5, 5.41) is 3.07. The highest BCUT2D eigenvalue weighted by molar-refractivity contribution is 5.81. The van der Waals surface area contributed by atoms with Crippen LogP contribution in [-0.4, -0.2) is 50.3 Å². The van der Waals surface area contributed by atoms with Crippen molar-refractivity contribution in [1.29, 1.82) is 0 Å². The van der Waals surface area contributed by atoms with E-state index < -0.39 is 0 Å². The van der Waals surface area contributed by atoms with Gasteiger partial charge in [0, 0.05) is 18.7 Å². The summed E-state index contributed by atoms with van der Waals surface area (Å²) in [5.74, 6) is 0.833. The summed E-state index contributed by atoms with van der Waals surface area (Å²) in [5.41, 5.74) is 0.988. The lowest BCUT2D eigenvalue weighted by Gasteiger charge is -2.32. The molecule has 1 fully saturated rings. The number of morpholine rings is 1. The van der Waals surface area contributed by atoms with Crippen LogP contribution >= 0.6 is 0 Å². The zero-order valence-electron chi connectivity index (χ0n) is 13.0. The number of hydrogen-bond acceptors (Lipinski definition) is 4. The lowest BCUT2D eigenvalue weighted by molar-refractivity contribution is -0.128. The van der Waals surface area contributed by atoms with Crippen LogP contribution in [0.25, 0.3) is 0 Å². The van der Waals surface area contributed by atoms with Crippen molar-refractivity contribution < 1.29 is 14.3 Å². The second-order valence-corrected chi connectivity index (χ2v) is 5.30. The maximum atomic E-state index is 12.4. The van der Waals surface area contributed by atoms with Gasteiger partial charge in [-0.2, -0.15) is 0 Å². The Labute approximate surface area is 126 Å². The summed E-state index contributed by atoms with van der Waals surface area (Å²) in [6.45, 7) is 6.91. The molecule has 1 N–H and O–H groups in total. The zero-order valence-corrected chi connectivity index (χ0v) is 13.0. The molecule has 1 amide bonds. The van der Waals surface area contributed by atoms with Gasteiger partial charge in [-0.3, -0.25) is 9.69 Å². The first kappa shape index (κ1) is 15.8. The van der Waals surface area contributed by atoms with Crippen LogP contribution in [0.2, 0.25) is 0 Å². The topological polar surface area (TPSA) is 50.8 Å². The number of methoxy groups -OCH3 is 1. The molecule has 0 radical (unpaired) electrons. The average molecular weight is 292 g/mol. The third kappa shape index (κ3) is 3.95. The minimum Gasteiger partial charge on any atom is -0.496 e. The van der Waals surface area contributed by atoms with Gasteiger partial charge in [-0.1, -0.05) is 18.2 Å². The number of benzene rings is 1. The van der Waals surface area contributed by atoms with Crippen LogP contribution in [0.3, 0.4) is 0 Å². The lowest BCUT2D eigenvalue weighted by atomic mass is 10.1. The van der Waals surface area contributed by atoms with Crippen molar-refractivity contribution in [2.24, 2.45) is 0 Å². The van der Waals surface area contributed by atoms with Crippen molar-refractivity contribution in [1.82, 2.24) is 10.2 Å². The molecule has 116 valence electrons. The van der Waals surface area contributed by atoms with Crippen molar-refractivity contribution in [2.45, 2.75) is 25.9 Å². The fourth-order valence-corrected chi connectivity index (χ4v) is 2.57. The Balaban J connectivity index is 1.97. The first-order valence-corrected chi connectivity index (χ1v) is 7.38. The van der Waals surface area contributed by atoms with Crippen molar-refractivity contribution in [2.75, 3.05) is 33.4 Å². The maximum absolute atomic E-state index is 12.4. The maximum Gasteiger partial charge on any atom is 0.237 e. The average Bonchev–Trinajstić information content (AvgIpc) is 2.54. The highest BCUT2D eigenvalue weighted by Gasteiger charge is 2.24. The Morgan fingerprint density at radius 1 is 1.29 bits per heavy atom. The van der Waals surface area contributed by atoms with E-state index in [2.05, 4.69) is 10.2 Å². The highest BCUT2D eigenvalue weighted by Crippen LogP contribution is 2.24. The van der Waals surface area contributed by atoms with Gasteiger partial charge in [0.15, 0.2) is 0 Å². The molecule has 1 aromatic rings. The third-order valence-electron chi connectivity index (χ3n) is 3.94. The normalized spacial score (nSPS) is 18.8. The minimum atomic E-state index is -0.147. The second kappa shape index (κ2) is 7.43. The number of amides is 1. The smallest absolute Gasteiger partial charge is 0.237 e. The van der Waals surface area contributed by atoms with E-state index in [4.69, 9.17) is 9.47 Å². The minimum absolute atomic E-state index is 0.0373. The Morgan fingerprint density at radius 3 is 2.62 bits per heavy atom. The summed E-state index contributed by atoms with van der Waals surface area (Å²) in [6.07, 6.45) is 0. The Hall–Kier alpha value is -1.59. The SMILES string of the molecule is COc1ccccc1C(C)NC(=O)C(C)N1CCOCC1. The number of para-hydroxylation sites is 1. The van der Waals surface area contributed by atoms with Gasteiger partial charge in [-0.25, -0.2) is 0 Å². The third-order valence-corrected chi connectivity index (χ3v) is 3.94. The highest BCUT2D eigenvalue weighted by atomic mass is 16.5. The monoisotopic (exact) mass is 292 g/mol. The summed E-state index contributed by atoms with van der Waals surface area (Å²) in [6, 6.07) is 7.52. The van der Waals surface area contributed by atoms with Crippen LogP contribution in [0.4, 0.5) is 0 Å². The Kier molecular flexibility index (Phi) is 5.59. The van der Waals surface area contributed by atoms with Crippen molar-refractivity contribution in [3.63, 3.8) is 0 Å².